The van der Waals surface area contributed by atoms with E-state index in [4.69, 9.17) is 0 Å². The highest BCUT2D eigenvalue weighted by Crippen LogP contribution is 2.07. The van der Waals surface area contributed by atoms with Crippen LogP contribution in [0.1, 0.15) is 46.0 Å². The first-order valence-corrected chi connectivity index (χ1v) is 5.66. The summed E-state index contributed by atoms with van der Waals surface area (Å²) in [7, 11) is 0. The average molecular weight is 198 g/mol. The van der Waals surface area contributed by atoms with Gasteiger partial charge >= 0.3 is 0 Å². The molecular weight excluding hydrogens is 176 g/mol. The smallest absolute Gasteiger partial charge is 0.0965 e. The Labute approximate surface area is 86.6 Å². The molecule has 1 aliphatic heterocycles. The number of aliphatic imine (C=N–C) groups is 1. The molecule has 1 heterocycles. The molecule has 2 unspecified atom stereocenters. The summed E-state index contributed by atoms with van der Waals surface area (Å²) >= 11 is 0. The van der Waals surface area contributed by atoms with Gasteiger partial charge < -0.3 is 10.4 Å². The zero-order chi connectivity index (χ0) is 10.4. The van der Waals surface area contributed by atoms with Gasteiger partial charge in [-0.05, 0) is 33.1 Å². The van der Waals surface area contributed by atoms with E-state index in [1.165, 1.54) is 19.3 Å². The Morgan fingerprint density at radius 3 is 2.86 bits per heavy atom. The zero-order valence-electron chi connectivity index (χ0n) is 9.29. The number of amidine groups is 1. The highest BCUT2D eigenvalue weighted by molar-refractivity contribution is 5.82. The second-order valence-electron chi connectivity index (χ2n) is 4.27. The maximum atomic E-state index is 9.23. The lowest BCUT2D eigenvalue weighted by atomic mass is 10.1. The molecular formula is C11H22N2O. The molecule has 3 nitrogen and oxygen atoms in total. The number of aliphatic hydroxyl groups excluding tert-OH is 1. The van der Waals surface area contributed by atoms with Crippen molar-refractivity contribution in [2.45, 2.75) is 58.1 Å². The van der Waals surface area contributed by atoms with Gasteiger partial charge in [-0.25, -0.2) is 0 Å². The number of hydrogen-bond donors (Lipinski definition) is 2. The van der Waals surface area contributed by atoms with Crippen LogP contribution < -0.4 is 5.32 Å². The predicted molar refractivity (Wildman–Crippen MR) is 59.7 cm³/mol. The fraction of sp³-hybridized carbons (Fsp3) is 0.909. The van der Waals surface area contributed by atoms with Crippen molar-refractivity contribution in [3.8, 4) is 0 Å². The van der Waals surface area contributed by atoms with E-state index in [2.05, 4.69) is 17.2 Å². The second-order valence-corrected chi connectivity index (χ2v) is 4.27. The van der Waals surface area contributed by atoms with Gasteiger partial charge in [-0.15, -0.1) is 0 Å². The van der Waals surface area contributed by atoms with E-state index in [0.717, 1.165) is 25.2 Å². The molecule has 0 radical (unpaired) electrons. The first-order valence-electron chi connectivity index (χ1n) is 5.66. The number of nitrogens with one attached hydrogen (secondary N) is 1. The largest absolute Gasteiger partial charge is 0.393 e. The lowest BCUT2D eigenvalue weighted by Crippen LogP contribution is -2.34. The molecule has 82 valence electrons. The molecule has 0 aromatic carbocycles. The van der Waals surface area contributed by atoms with Gasteiger partial charge in [0.25, 0.3) is 0 Å². The number of nitrogens with zero attached hydrogens (tertiary/aromatic N) is 1. The van der Waals surface area contributed by atoms with Crippen molar-refractivity contribution in [1.29, 1.82) is 0 Å². The maximum absolute atomic E-state index is 9.23. The minimum Gasteiger partial charge on any atom is -0.393 e. The summed E-state index contributed by atoms with van der Waals surface area (Å²) in [6.45, 7) is 4.89. The second kappa shape index (κ2) is 6.02. The summed E-state index contributed by atoms with van der Waals surface area (Å²) in [5.74, 6) is 1.13. The van der Waals surface area contributed by atoms with E-state index < -0.39 is 0 Å². The van der Waals surface area contributed by atoms with E-state index >= 15 is 0 Å². The van der Waals surface area contributed by atoms with Crippen molar-refractivity contribution in [1.82, 2.24) is 5.32 Å². The van der Waals surface area contributed by atoms with Crippen LogP contribution in [0.4, 0.5) is 0 Å². The Balaban J connectivity index is 2.30. The SMILES string of the molecule is CC(O)CC(C)NC1=NCCCCC1. The van der Waals surface area contributed by atoms with Crippen molar-refractivity contribution in [3.05, 3.63) is 0 Å². The van der Waals surface area contributed by atoms with Crippen molar-refractivity contribution < 1.29 is 5.11 Å². The molecule has 0 spiro atoms. The van der Waals surface area contributed by atoms with Crippen LogP contribution in [0.2, 0.25) is 0 Å². The Kier molecular flexibility index (Phi) is 4.94. The molecule has 3 heteroatoms. The van der Waals surface area contributed by atoms with Gasteiger partial charge in [0, 0.05) is 19.0 Å². The van der Waals surface area contributed by atoms with E-state index in [-0.39, 0.29) is 6.10 Å². The van der Waals surface area contributed by atoms with Gasteiger partial charge in [-0.1, -0.05) is 6.42 Å². The predicted octanol–water partition coefficient (Wildman–Crippen LogP) is 1.71. The van der Waals surface area contributed by atoms with Crippen LogP contribution in [0, 0.1) is 0 Å². The van der Waals surface area contributed by atoms with Crippen LogP contribution in [-0.2, 0) is 0 Å². The third-order valence-electron chi connectivity index (χ3n) is 2.48. The van der Waals surface area contributed by atoms with Gasteiger partial charge in [0.05, 0.1) is 11.9 Å². The quantitative estimate of drug-likeness (QED) is 0.725. The van der Waals surface area contributed by atoms with E-state index in [0.29, 0.717) is 6.04 Å². The average Bonchev–Trinajstić information content (AvgIpc) is 2.31. The Bertz CT molecular complexity index is 190. The van der Waals surface area contributed by atoms with Gasteiger partial charge in [0.15, 0.2) is 0 Å². The fourth-order valence-electron chi connectivity index (χ4n) is 1.85. The monoisotopic (exact) mass is 198 g/mol. The molecule has 0 aliphatic carbocycles. The van der Waals surface area contributed by atoms with Gasteiger partial charge in [-0.2, -0.15) is 0 Å². The Morgan fingerprint density at radius 2 is 2.14 bits per heavy atom. The van der Waals surface area contributed by atoms with Gasteiger partial charge in [0.1, 0.15) is 0 Å². The van der Waals surface area contributed by atoms with Gasteiger partial charge in [0.2, 0.25) is 0 Å². The molecule has 0 amide bonds. The van der Waals surface area contributed by atoms with Crippen LogP contribution in [0.5, 0.6) is 0 Å². The minimum atomic E-state index is -0.233. The highest BCUT2D eigenvalue weighted by atomic mass is 16.3. The summed E-state index contributed by atoms with van der Waals surface area (Å²) in [6.07, 6.45) is 5.38. The molecule has 0 saturated heterocycles. The summed E-state index contributed by atoms with van der Waals surface area (Å²) < 4.78 is 0. The standard InChI is InChI=1S/C11H22N2O/c1-9(8-10(2)14)13-11-6-4-3-5-7-12-11/h9-10,14H,3-8H2,1-2H3,(H,12,13). The minimum absolute atomic E-state index is 0.233. The van der Waals surface area contributed by atoms with Crippen LogP contribution in [0.15, 0.2) is 4.99 Å². The molecule has 0 saturated carbocycles. The summed E-state index contributed by atoms with van der Waals surface area (Å²) in [5, 5.41) is 12.6. The number of aliphatic hydroxyl groups is 1. The van der Waals surface area contributed by atoms with Crippen LogP contribution in [0.3, 0.4) is 0 Å². The number of rotatable bonds is 3. The Hall–Kier alpha value is -0.570. The lowest BCUT2D eigenvalue weighted by molar-refractivity contribution is 0.174. The summed E-state index contributed by atoms with van der Waals surface area (Å²) in [4.78, 5) is 4.49. The van der Waals surface area contributed by atoms with Crippen molar-refractivity contribution in [3.63, 3.8) is 0 Å². The molecule has 0 aromatic rings. The first-order chi connectivity index (χ1) is 6.68. The van der Waals surface area contributed by atoms with Crippen LogP contribution in [-0.4, -0.2) is 29.6 Å². The number of hydrogen-bond acceptors (Lipinski definition) is 3. The first kappa shape index (κ1) is 11.5. The molecule has 0 fully saturated rings. The maximum Gasteiger partial charge on any atom is 0.0965 e. The van der Waals surface area contributed by atoms with Crippen molar-refractivity contribution in [2.24, 2.45) is 4.99 Å². The third-order valence-corrected chi connectivity index (χ3v) is 2.48. The molecule has 0 bridgehead atoms. The fourth-order valence-corrected chi connectivity index (χ4v) is 1.85. The highest BCUT2D eigenvalue weighted by Gasteiger charge is 2.09. The van der Waals surface area contributed by atoms with Crippen molar-refractivity contribution >= 4 is 5.84 Å². The van der Waals surface area contributed by atoms with E-state index in [1.54, 1.807) is 0 Å². The van der Waals surface area contributed by atoms with Gasteiger partial charge in [-0.3, -0.25) is 4.99 Å². The summed E-state index contributed by atoms with van der Waals surface area (Å²) in [6, 6.07) is 0.326. The molecule has 0 aromatic heterocycles. The molecule has 1 rings (SSSR count). The third kappa shape index (κ3) is 4.61. The molecule has 2 atom stereocenters. The Morgan fingerprint density at radius 1 is 1.36 bits per heavy atom. The topological polar surface area (TPSA) is 44.6 Å². The normalized spacial score (nSPS) is 22.1. The van der Waals surface area contributed by atoms with Crippen LogP contribution in [0.25, 0.3) is 0 Å². The van der Waals surface area contributed by atoms with Crippen molar-refractivity contribution in [2.75, 3.05) is 6.54 Å². The molecule has 14 heavy (non-hydrogen) atoms. The lowest BCUT2D eigenvalue weighted by Gasteiger charge is -2.17. The molecule has 2 N–H and O–H groups in total. The zero-order valence-corrected chi connectivity index (χ0v) is 9.29. The van der Waals surface area contributed by atoms with Crippen LogP contribution >= 0.6 is 0 Å². The molecule has 1 aliphatic rings. The van der Waals surface area contributed by atoms with E-state index in [1.807, 2.05) is 6.92 Å². The summed E-state index contributed by atoms with van der Waals surface area (Å²) in [5.41, 5.74) is 0. The van der Waals surface area contributed by atoms with E-state index in [9.17, 15) is 5.11 Å².